The van der Waals surface area contributed by atoms with Crippen molar-refractivity contribution >= 4 is 16.9 Å². The summed E-state index contributed by atoms with van der Waals surface area (Å²) in [4.78, 5) is 30.7. The molecule has 0 N–H and O–H groups in total. The van der Waals surface area contributed by atoms with Gasteiger partial charge >= 0.3 is 12.1 Å². The minimum atomic E-state index is -5.02. The molecule has 37 heavy (non-hydrogen) atoms. The van der Waals surface area contributed by atoms with Crippen molar-refractivity contribution < 1.29 is 36.6 Å². The number of methoxy groups -OCH3 is 1. The molecule has 2 aromatic heterocycles. The molecule has 0 radical (unpaired) electrons. The number of aromatic nitrogens is 1. The second kappa shape index (κ2) is 9.58. The first kappa shape index (κ1) is 24.3. The number of fused-ring (bicyclic) bond motifs is 3. The lowest BCUT2D eigenvalue weighted by Crippen LogP contribution is -2.32. The fourth-order valence-corrected chi connectivity index (χ4v) is 4.02. The van der Waals surface area contributed by atoms with E-state index in [0.717, 1.165) is 5.56 Å². The molecule has 2 aromatic carbocycles. The number of benzene rings is 2. The smallest absolute Gasteiger partial charge is 0.453 e. The zero-order chi connectivity index (χ0) is 26.2. The molecule has 0 saturated carbocycles. The monoisotopic (exact) mass is 512 g/mol. The van der Waals surface area contributed by atoms with Crippen LogP contribution in [0.1, 0.15) is 27.2 Å². The summed E-state index contributed by atoms with van der Waals surface area (Å²) in [5.41, 5.74) is 0.227. The molecular weight excluding hydrogens is 493 g/mol. The second-order valence-corrected chi connectivity index (χ2v) is 8.24. The Bertz CT molecular complexity index is 1520. The van der Waals surface area contributed by atoms with E-state index in [1.54, 1.807) is 12.4 Å². The van der Waals surface area contributed by atoms with Crippen molar-refractivity contribution in [3.8, 4) is 17.2 Å². The van der Waals surface area contributed by atoms with Crippen LogP contribution in [0.4, 0.5) is 13.2 Å². The summed E-state index contributed by atoms with van der Waals surface area (Å²) in [7, 11) is 1.20. The first-order valence-corrected chi connectivity index (χ1v) is 11.0. The fraction of sp³-hybridized carbons (Fsp3) is 0.192. The third kappa shape index (κ3) is 4.85. The lowest BCUT2D eigenvalue weighted by Gasteiger charge is -2.29. The molecule has 0 bridgehead atoms. The Morgan fingerprint density at radius 3 is 2.49 bits per heavy atom. The highest BCUT2D eigenvalue weighted by Gasteiger charge is 2.41. The molecule has 4 aromatic rings. The molecule has 11 heteroatoms. The summed E-state index contributed by atoms with van der Waals surface area (Å²) in [6, 6.07) is 11.7. The third-order valence-electron chi connectivity index (χ3n) is 5.77. The van der Waals surface area contributed by atoms with Crippen LogP contribution in [0.5, 0.6) is 17.2 Å². The number of carbonyl (C=O) groups is 1. The van der Waals surface area contributed by atoms with Crippen molar-refractivity contribution in [1.82, 2.24) is 9.88 Å². The highest BCUT2D eigenvalue weighted by atomic mass is 19.4. The van der Waals surface area contributed by atoms with Crippen LogP contribution in [0, 0.1) is 0 Å². The van der Waals surface area contributed by atoms with Gasteiger partial charge in [-0.1, -0.05) is 0 Å². The molecule has 0 saturated heterocycles. The van der Waals surface area contributed by atoms with Crippen LogP contribution >= 0.6 is 0 Å². The molecule has 0 spiro atoms. The van der Waals surface area contributed by atoms with Gasteiger partial charge in [0, 0.05) is 25.5 Å². The maximum atomic E-state index is 14.0. The Balaban J connectivity index is 1.55. The summed E-state index contributed by atoms with van der Waals surface area (Å²) in [6.45, 7) is 0.863. The minimum absolute atomic E-state index is 0.0812. The van der Waals surface area contributed by atoms with Crippen LogP contribution in [-0.4, -0.2) is 29.7 Å². The van der Waals surface area contributed by atoms with Gasteiger partial charge in [-0.25, -0.2) is 4.79 Å². The van der Waals surface area contributed by atoms with Crippen molar-refractivity contribution in [3.05, 3.63) is 93.6 Å². The van der Waals surface area contributed by atoms with Gasteiger partial charge in [-0.2, -0.15) is 13.2 Å². The van der Waals surface area contributed by atoms with Crippen molar-refractivity contribution in [2.24, 2.45) is 0 Å². The van der Waals surface area contributed by atoms with E-state index >= 15 is 0 Å². The Morgan fingerprint density at radius 1 is 1.08 bits per heavy atom. The summed E-state index contributed by atoms with van der Waals surface area (Å²) in [5, 5.41) is -0.0812. The van der Waals surface area contributed by atoms with E-state index in [0.29, 0.717) is 17.9 Å². The predicted molar refractivity (Wildman–Crippen MR) is 124 cm³/mol. The summed E-state index contributed by atoms with van der Waals surface area (Å²) in [6.07, 6.45) is -1.74. The van der Waals surface area contributed by atoms with Crippen LogP contribution in [0.15, 0.2) is 70.1 Å². The van der Waals surface area contributed by atoms with E-state index < -0.39 is 29.1 Å². The quantitative estimate of drug-likeness (QED) is 0.340. The van der Waals surface area contributed by atoms with Crippen LogP contribution in [0.3, 0.4) is 0 Å². The topological polar surface area (TPSA) is 91.1 Å². The van der Waals surface area contributed by atoms with E-state index in [9.17, 15) is 22.8 Å². The van der Waals surface area contributed by atoms with Crippen LogP contribution in [0.2, 0.25) is 0 Å². The number of rotatable bonds is 5. The molecule has 0 amide bonds. The highest BCUT2D eigenvalue weighted by molar-refractivity contribution is 5.89. The standard InChI is InChI=1S/C26H19F3N2O6/c1-34-25(33)16-2-4-17(5-3-16)36-23-21(32)18-6-7-20-19(22(18)37-24(23)26(27,28)29)13-31(14-35-20)12-15-8-10-30-11-9-15/h2-11H,12-14H2,1H3. The molecule has 0 fully saturated rings. The van der Waals surface area contributed by atoms with Gasteiger partial charge in [0.1, 0.15) is 23.8 Å². The fourth-order valence-electron chi connectivity index (χ4n) is 4.02. The van der Waals surface area contributed by atoms with Gasteiger partial charge in [0.05, 0.1) is 23.6 Å². The second-order valence-electron chi connectivity index (χ2n) is 8.24. The number of carbonyl (C=O) groups excluding carboxylic acids is 1. The number of hydrogen-bond acceptors (Lipinski definition) is 8. The Kier molecular flexibility index (Phi) is 6.30. The summed E-state index contributed by atoms with van der Waals surface area (Å²) < 4.78 is 63.2. The number of nitrogens with zero attached hydrogens (tertiary/aromatic N) is 2. The maximum Gasteiger partial charge on any atom is 0.453 e. The van der Waals surface area contributed by atoms with Gasteiger partial charge < -0.3 is 18.6 Å². The van der Waals surface area contributed by atoms with Crippen molar-refractivity contribution in [2.75, 3.05) is 13.8 Å². The zero-order valence-corrected chi connectivity index (χ0v) is 19.4. The molecule has 1 aliphatic rings. The molecule has 190 valence electrons. The lowest BCUT2D eigenvalue weighted by molar-refractivity contribution is -0.154. The van der Waals surface area contributed by atoms with E-state index in [-0.39, 0.29) is 35.6 Å². The van der Waals surface area contributed by atoms with Crippen LogP contribution in [0.25, 0.3) is 11.0 Å². The van der Waals surface area contributed by atoms with Crippen molar-refractivity contribution in [1.29, 1.82) is 0 Å². The van der Waals surface area contributed by atoms with Gasteiger partial charge in [-0.3, -0.25) is 14.7 Å². The van der Waals surface area contributed by atoms with Crippen molar-refractivity contribution in [2.45, 2.75) is 19.3 Å². The third-order valence-corrected chi connectivity index (χ3v) is 5.77. The molecule has 0 unspecified atom stereocenters. The van der Waals surface area contributed by atoms with Gasteiger partial charge in [0.15, 0.2) is 0 Å². The van der Waals surface area contributed by atoms with Gasteiger partial charge in [-0.15, -0.1) is 0 Å². The number of halogens is 3. The average molecular weight is 512 g/mol. The molecule has 0 atom stereocenters. The summed E-state index contributed by atoms with van der Waals surface area (Å²) in [5.74, 6) is -2.95. The Hall–Kier alpha value is -4.38. The Labute approximate surface area is 207 Å². The van der Waals surface area contributed by atoms with Gasteiger partial charge in [0.2, 0.25) is 11.2 Å². The van der Waals surface area contributed by atoms with E-state index in [1.807, 2.05) is 17.0 Å². The molecular formula is C26H19F3N2O6. The molecule has 8 nitrogen and oxygen atoms in total. The molecule has 1 aliphatic heterocycles. The number of pyridine rings is 1. The summed E-state index contributed by atoms with van der Waals surface area (Å²) >= 11 is 0. The SMILES string of the molecule is COC(=O)c1ccc(Oc2c(C(F)(F)F)oc3c4c(ccc3c2=O)OCN(Cc2ccncc2)C4)cc1. The largest absolute Gasteiger partial charge is 0.478 e. The zero-order valence-electron chi connectivity index (χ0n) is 19.4. The lowest BCUT2D eigenvalue weighted by atomic mass is 10.1. The predicted octanol–water partition coefficient (Wildman–Crippen LogP) is 5.14. The van der Waals surface area contributed by atoms with Crippen LogP contribution in [-0.2, 0) is 24.0 Å². The molecule has 5 rings (SSSR count). The maximum absolute atomic E-state index is 14.0. The average Bonchev–Trinajstić information content (AvgIpc) is 2.90. The number of esters is 1. The normalized spacial score (nSPS) is 13.6. The first-order chi connectivity index (χ1) is 17.7. The molecule has 3 heterocycles. The Morgan fingerprint density at radius 2 is 1.81 bits per heavy atom. The molecule has 0 aliphatic carbocycles. The van der Waals surface area contributed by atoms with E-state index in [2.05, 4.69) is 9.72 Å². The first-order valence-electron chi connectivity index (χ1n) is 11.0. The van der Waals surface area contributed by atoms with Gasteiger partial charge in [0.25, 0.3) is 5.76 Å². The van der Waals surface area contributed by atoms with E-state index in [1.165, 1.54) is 43.5 Å². The van der Waals surface area contributed by atoms with Crippen LogP contribution < -0.4 is 14.9 Å². The van der Waals surface area contributed by atoms with Crippen molar-refractivity contribution in [3.63, 3.8) is 0 Å². The minimum Gasteiger partial charge on any atom is -0.478 e. The van der Waals surface area contributed by atoms with E-state index in [4.69, 9.17) is 13.9 Å². The van der Waals surface area contributed by atoms with Gasteiger partial charge in [-0.05, 0) is 54.1 Å². The number of alkyl halides is 3. The highest BCUT2D eigenvalue weighted by Crippen LogP contribution is 2.41. The number of hydrogen-bond donors (Lipinski definition) is 0. The number of ether oxygens (including phenoxy) is 3.